The van der Waals surface area contributed by atoms with Crippen LogP contribution in [0.15, 0.2) is 35.1 Å². The van der Waals surface area contributed by atoms with Gasteiger partial charge in [0.05, 0.1) is 16.4 Å². The van der Waals surface area contributed by atoms with E-state index in [0.29, 0.717) is 0 Å². The van der Waals surface area contributed by atoms with Crippen LogP contribution in [-0.4, -0.2) is 9.97 Å². The number of thiophene rings is 1. The van der Waals surface area contributed by atoms with Crippen molar-refractivity contribution in [1.29, 1.82) is 0 Å². The van der Waals surface area contributed by atoms with Crippen LogP contribution < -0.4 is 5.69 Å². The van der Waals surface area contributed by atoms with Gasteiger partial charge in [-0.05, 0) is 36.8 Å². The summed E-state index contributed by atoms with van der Waals surface area (Å²) in [6.45, 7) is 2.06. The Hall–Kier alpha value is -1.52. The first kappa shape index (κ1) is 11.6. The summed E-state index contributed by atoms with van der Waals surface area (Å²) in [5.74, 6) is 0. The Bertz CT molecular complexity index is 756. The third-order valence-corrected chi connectivity index (χ3v) is 4.53. The molecule has 3 aromatic rings. The predicted molar refractivity (Wildman–Crippen MR) is 75.7 cm³/mol. The molecule has 3 rings (SSSR count). The van der Waals surface area contributed by atoms with Crippen LogP contribution >= 0.6 is 22.9 Å². The molecule has 0 aliphatic heterocycles. The second-order valence-electron chi connectivity index (χ2n) is 4.20. The summed E-state index contributed by atoms with van der Waals surface area (Å²) in [5.41, 5.74) is 2.38. The number of hydrogen-bond donors (Lipinski definition) is 2. The Kier molecular flexibility index (Phi) is 2.76. The summed E-state index contributed by atoms with van der Waals surface area (Å²) in [6.07, 6.45) is 0. The third kappa shape index (κ3) is 1.98. The van der Waals surface area contributed by atoms with E-state index in [1.54, 1.807) is 11.3 Å². The van der Waals surface area contributed by atoms with Crippen molar-refractivity contribution in [3.63, 3.8) is 0 Å². The van der Waals surface area contributed by atoms with Crippen molar-refractivity contribution in [1.82, 2.24) is 9.97 Å². The molecular weight excluding hydrogens is 268 g/mol. The molecule has 0 saturated heterocycles. The highest BCUT2D eigenvalue weighted by atomic mass is 35.5. The van der Waals surface area contributed by atoms with E-state index in [2.05, 4.69) is 23.0 Å². The molecule has 1 aromatic carbocycles. The molecule has 0 spiro atoms. The maximum Gasteiger partial charge on any atom is 0.323 e. The maximum absolute atomic E-state index is 11.2. The second-order valence-corrected chi connectivity index (χ2v) is 5.95. The van der Waals surface area contributed by atoms with Gasteiger partial charge in [-0.2, -0.15) is 0 Å². The highest BCUT2D eigenvalue weighted by Gasteiger charge is 2.13. The van der Waals surface area contributed by atoms with E-state index in [0.717, 1.165) is 21.5 Å². The number of aromatic nitrogens is 2. The molecule has 92 valence electrons. The lowest BCUT2D eigenvalue weighted by Gasteiger charge is -2.07. The van der Waals surface area contributed by atoms with Crippen LogP contribution in [0.1, 0.15) is 20.7 Å². The molecule has 0 radical (unpaired) electrons. The number of aryl methyl sites for hydroxylation is 1. The van der Waals surface area contributed by atoms with Gasteiger partial charge >= 0.3 is 5.69 Å². The van der Waals surface area contributed by atoms with Gasteiger partial charge in [0, 0.05) is 9.75 Å². The molecule has 2 aromatic heterocycles. The third-order valence-electron chi connectivity index (χ3n) is 2.84. The number of benzene rings is 1. The summed E-state index contributed by atoms with van der Waals surface area (Å²) in [5, 5.41) is -0.175. The molecule has 2 N–H and O–H groups in total. The molecule has 3 nitrogen and oxygen atoms in total. The zero-order chi connectivity index (χ0) is 12.7. The molecule has 0 saturated carbocycles. The first-order valence-corrected chi connectivity index (χ1v) is 6.81. The van der Waals surface area contributed by atoms with E-state index in [-0.39, 0.29) is 11.1 Å². The summed E-state index contributed by atoms with van der Waals surface area (Å²) in [4.78, 5) is 19.0. The standard InChI is InChI=1S/C13H11ClN2OS/c1-7-2-5-11(18-7)12(14)8-3-4-9-10(6-8)16-13(17)15-9/h2-6,12H,1H3,(H2,15,16,17). The van der Waals surface area contributed by atoms with Gasteiger partial charge < -0.3 is 9.97 Å². The van der Waals surface area contributed by atoms with Gasteiger partial charge in [0.15, 0.2) is 0 Å². The lowest BCUT2D eigenvalue weighted by molar-refractivity contribution is 1.19. The van der Waals surface area contributed by atoms with Crippen molar-refractivity contribution in [2.24, 2.45) is 0 Å². The number of aromatic amines is 2. The number of halogens is 1. The van der Waals surface area contributed by atoms with Crippen LogP contribution in [0.25, 0.3) is 11.0 Å². The van der Waals surface area contributed by atoms with E-state index in [9.17, 15) is 4.79 Å². The first-order valence-electron chi connectivity index (χ1n) is 5.56. The fraction of sp³-hybridized carbons (Fsp3) is 0.154. The zero-order valence-electron chi connectivity index (χ0n) is 9.66. The normalized spacial score (nSPS) is 13.0. The van der Waals surface area contributed by atoms with Gasteiger partial charge in [-0.3, -0.25) is 0 Å². The quantitative estimate of drug-likeness (QED) is 0.692. The molecule has 1 atom stereocenters. The molecule has 0 fully saturated rings. The van der Waals surface area contributed by atoms with Gasteiger partial charge in [0.25, 0.3) is 0 Å². The van der Waals surface area contributed by atoms with Crippen LogP contribution in [0.3, 0.4) is 0 Å². The lowest BCUT2D eigenvalue weighted by Crippen LogP contribution is -1.99. The molecule has 1 unspecified atom stereocenters. The zero-order valence-corrected chi connectivity index (χ0v) is 11.2. The lowest BCUT2D eigenvalue weighted by atomic mass is 10.1. The number of nitrogens with one attached hydrogen (secondary N) is 2. The number of hydrogen-bond acceptors (Lipinski definition) is 2. The number of rotatable bonds is 2. The summed E-state index contributed by atoms with van der Waals surface area (Å²) >= 11 is 8.15. The maximum atomic E-state index is 11.2. The Morgan fingerprint density at radius 3 is 2.67 bits per heavy atom. The van der Waals surface area contributed by atoms with Crippen LogP contribution in [0, 0.1) is 6.92 Å². The minimum Gasteiger partial charge on any atom is -0.306 e. The monoisotopic (exact) mass is 278 g/mol. The minimum absolute atomic E-state index is 0.175. The van der Waals surface area contributed by atoms with Crippen LogP contribution in [0.4, 0.5) is 0 Å². The Morgan fingerprint density at radius 2 is 1.94 bits per heavy atom. The van der Waals surface area contributed by atoms with Crippen LogP contribution in [0.2, 0.25) is 0 Å². The summed E-state index contributed by atoms with van der Waals surface area (Å²) in [7, 11) is 0. The molecule has 18 heavy (non-hydrogen) atoms. The van der Waals surface area contributed by atoms with Crippen LogP contribution in [-0.2, 0) is 0 Å². The van der Waals surface area contributed by atoms with Gasteiger partial charge in [0.1, 0.15) is 0 Å². The molecule has 5 heteroatoms. The van der Waals surface area contributed by atoms with E-state index in [4.69, 9.17) is 11.6 Å². The number of H-pyrrole nitrogens is 2. The largest absolute Gasteiger partial charge is 0.323 e. The van der Waals surface area contributed by atoms with E-state index in [1.165, 1.54) is 4.88 Å². The topological polar surface area (TPSA) is 48.6 Å². The van der Waals surface area contributed by atoms with Gasteiger partial charge in [-0.1, -0.05) is 6.07 Å². The molecule has 0 aliphatic carbocycles. The fourth-order valence-corrected chi connectivity index (χ4v) is 3.19. The molecule has 2 heterocycles. The average Bonchev–Trinajstić information content (AvgIpc) is 2.92. The van der Waals surface area contributed by atoms with Crippen molar-refractivity contribution >= 4 is 34.0 Å². The van der Waals surface area contributed by atoms with Gasteiger partial charge in [0.2, 0.25) is 0 Å². The van der Waals surface area contributed by atoms with Crippen molar-refractivity contribution in [3.8, 4) is 0 Å². The molecule has 0 bridgehead atoms. The Labute approximate surface area is 112 Å². The SMILES string of the molecule is Cc1ccc(C(Cl)c2ccc3[nH]c(=O)[nH]c3c2)s1. The molecular formula is C13H11ClN2OS. The van der Waals surface area contributed by atoms with Gasteiger partial charge in [-0.15, -0.1) is 22.9 Å². The van der Waals surface area contributed by atoms with E-state index in [1.807, 2.05) is 24.3 Å². The number of fused-ring (bicyclic) bond motifs is 1. The minimum atomic E-state index is -0.194. The number of imidazole rings is 1. The highest BCUT2D eigenvalue weighted by molar-refractivity contribution is 7.12. The second kappa shape index (κ2) is 4.30. The van der Waals surface area contributed by atoms with Crippen molar-refractivity contribution < 1.29 is 0 Å². The van der Waals surface area contributed by atoms with Crippen molar-refractivity contribution in [2.75, 3.05) is 0 Å². The molecule has 0 aliphatic rings. The number of alkyl halides is 1. The fourth-order valence-electron chi connectivity index (χ4n) is 1.96. The smallest absolute Gasteiger partial charge is 0.306 e. The van der Waals surface area contributed by atoms with Gasteiger partial charge in [-0.25, -0.2) is 4.79 Å². The van der Waals surface area contributed by atoms with Crippen molar-refractivity contribution in [2.45, 2.75) is 12.3 Å². The van der Waals surface area contributed by atoms with E-state index >= 15 is 0 Å². The summed E-state index contributed by atoms with van der Waals surface area (Å²) < 4.78 is 0. The molecule has 0 amide bonds. The first-order chi connectivity index (χ1) is 8.63. The van der Waals surface area contributed by atoms with E-state index < -0.39 is 0 Å². The average molecular weight is 279 g/mol. The highest BCUT2D eigenvalue weighted by Crippen LogP contribution is 2.34. The summed E-state index contributed by atoms with van der Waals surface area (Å²) in [6, 6.07) is 9.84. The van der Waals surface area contributed by atoms with Crippen molar-refractivity contribution in [3.05, 3.63) is 56.1 Å². The predicted octanol–water partition coefficient (Wildman–Crippen LogP) is 3.55. The Balaban J connectivity index is 2.05. The Morgan fingerprint density at radius 1 is 1.17 bits per heavy atom. The van der Waals surface area contributed by atoms with Crippen LogP contribution in [0.5, 0.6) is 0 Å².